The summed E-state index contributed by atoms with van der Waals surface area (Å²) >= 11 is 0. The number of likely N-dealkylation sites (N-methyl/N-ethyl adjacent to an activating group) is 1. The van der Waals surface area contributed by atoms with Crippen LogP contribution in [0.25, 0.3) is 5.76 Å². The summed E-state index contributed by atoms with van der Waals surface area (Å²) in [4.78, 5) is 40.7. The summed E-state index contributed by atoms with van der Waals surface area (Å²) in [6, 6.07) is 9.61. The van der Waals surface area contributed by atoms with Gasteiger partial charge in [-0.3, -0.25) is 19.3 Å². The van der Waals surface area contributed by atoms with Crippen molar-refractivity contribution in [3.8, 4) is 5.75 Å². The Labute approximate surface area is 224 Å². The molecule has 0 spiro atoms. The zero-order valence-electron chi connectivity index (χ0n) is 21.6. The Balaban J connectivity index is 1.61. The highest BCUT2D eigenvalue weighted by Gasteiger charge is 2.64. The van der Waals surface area contributed by atoms with Crippen LogP contribution >= 0.6 is 0 Å². The molecule has 204 valence electrons. The molecule has 0 saturated heterocycles. The summed E-state index contributed by atoms with van der Waals surface area (Å²) in [6.45, 7) is 0. The van der Waals surface area contributed by atoms with E-state index in [4.69, 9.17) is 11.5 Å². The van der Waals surface area contributed by atoms with Crippen molar-refractivity contribution in [3.63, 3.8) is 0 Å². The molecule has 0 bridgehead atoms. The van der Waals surface area contributed by atoms with Gasteiger partial charge in [0.05, 0.1) is 11.6 Å². The number of ketones is 2. The monoisotopic (exact) mass is 533 g/mol. The number of phenolic OH excluding ortho intramolecular Hbond substituents is 1. The molecule has 2 aromatic rings. The molecule has 0 unspecified atom stereocenters. The molecular formula is C29H31N3O7. The van der Waals surface area contributed by atoms with Crippen LogP contribution in [0.1, 0.15) is 28.7 Å². The van der Waals surface area contributed by atoms with Gasteiger partial charge in [-0.15, -0.1) is 0 Å². The van der Waals surface area contributed by atoms with Crippen LogP contribution in [-0.2, 0) is 33.6 Å². The number of aliphatic hydroxyl groups excluding tert-OH is 2. The number of nitrogens with zero attached hydrogens (tertiary/aromatic N) is 1. The van der Waals surface area contributed by atoms with E-state index in [-0.39, 0.29) is 29.7 Å². The maximum Gasteiger partial charge on any atom is 0.255 e. The van der Waals surface area contributed by atoms with Gasteiger partial charge in [-0.05, 0) is 80.6 Å². The highest BCUT2D eigenvalue weighted by Crippen LogP contribution is 2.53. The van der Waals surface area contributed by atoms with Gasteiger partial charge in [-0.25, -0.2) is 0 Å². The fourth-order valence-electron chi connectivity index (χ4n) is 6.51. The number of carbonyl (C=O) groups is 3. The summed E-state index contributed by atoms with van der Waals surface area (Å²) in [6.07, 6.45) is 1.58. The standard InChI is InChI=1S/C29H31N3O7/c1-32(2)23-18-12-15-11-17-14(6-3-13-4-8-16(30)9-5-13)7-10-19(33)21(17)24(34)20(15)26(36)29(18,39)27(37)22(25(23)35)28(31)38/h4-5,7-10,15,18,23,33-34,37,39H,3,6,11-12,30H2,1-2H3,(H2,31,38)/t15-,18-,23-,29-/m0/s1. The number of carbonyl (C=O) groups excluding carboxylic acids is 3. The Hall–Kier alpha value is -4.15. The van der Waals surface area contributed by atoms with E-state index in [1.54, 1.807) is 20.2 Å². The van der Waals surface area contributed by atoms with E-state index >= 15 is 0 Å². The van der Waals surface area contributed by atoms with Crippen LogP contribution in [0.15, 0.2) is 53.3 Å². The van der Waals surface area contributed by atoms with E-state index in [9.17, 15) is 34.8 Å². The average molecular weight is 534 g/mol. The minimum Gasteiger partial charge on any atom is -0.508 e. The number of Topliss-reactive ketones (excluding diaryl/α,β-unsaturated/α-hetero) is 2. The van der Waals surface area contributed by atoms with Crippen molar-refractivity contribution in [2.75, 3.05) is 19.8 Å². The third-order valence-electron chi connectivity index (χ3n) is 8.36. The van der Waals surface area contributed by atoms with Gasteiger partial charge in [0.2, 0.25) is 5.78 Å². The van der Waals surface area contributed by atoms with Crippen LogP contribution in [0.4, 0.5) is 5.69 Å². The number of amides is 1. The average Bonchev–Trinajstić information content (AvgIpc) is 2.86. The van der Waals surface area contributed by atoms with Gasteiger partial charge in [0.1, 0.15) is 22.8 Å². The maximum absolute atomic E-state index is 13.9. The lowest BCUT2D eigenvalue weighted by Crippen LogP contribution is -2.65. The zero-order valence-corrected chi connectivity index (χ0v) is 21.6. The van der Waals surface area contributed by atoms with Crippen molar-refractivity contribution >= 4 is 28.9 Å². The lowest BCUT2D eigenvalue weighted by molar-refractivity contribution is -0.153. The van der Waals surface area contributed by atoms with E-state index < -0.39 is 58.0 Å². The van der Waals surface area contributed by atoms with Crippen LogP contribution in [0.2, 0.25) is 0 Å². The smallest absolute Gasteiger partial charge is 0.255 e. The molecule has 3 aliphatic carbocycles. The lowest BCUT2D eigenvalue weighted by Gasteiger charge is -2.50. The number of aromatic hydroxyl groups is 1. The number of anilines is 1. The van der Waals surface area contributed by atoms with Crippen molar-refractivity contribution in [1.82, 2.24) is 4.90 Å². The number of aryl methyl sites for hydroxylation is 2. The molecule has 0 aliphatic heterocycles. The molecule has 8 N–H and O–H groups in total. The van der Waals surface area contributed by atoms with Gasteiger partial charge >= 0.3 is 0 Å². The number of primary amides is 1. The highest BCUT2D eigenvalue weighted by molar-refractivity contribution is 6.24. The van der Waals surface area contributed by atoms with Crippen LogP contribution in [0.3, 0.4) is 0 Å². The highest BCUT2D eigenvalue weighted by atomic mass is 16.3. The van der Waals surface area contributed by atoms with Crippen LogP contribution in [0, 0.1) is 11.8 Å². The summed E-state index contributed by atoms with van der Waals surface area (Å²) in [7, 11) is 3.14. The number of benzene rings is 2. The van der Waals surface area contributed by atoms with Gasteiger partial charge < -0.3 is 31.9 Å². The Morgan fingerprint density at radius 1 is 1.05 bits per heavy atom. The van der Waals surface area contributed by atoms with E-state index in [0.717, 1.165) is 11.1 Å². The van der Waals surface area contributed by atoms with Gasteiger partial charge in [0.25, 0.3) is 5.91 Å². The van der Waals surface area contributed by atoms with Gasteiger partial charge in [0, 0.05) is 17.2 Å². The summed E-state index contributed by atoms with van der Waals surface area (Å²) < 4.78 is 0. The minimum absolute atomic E-state index is 0.0544. The van der Waals surface area contributed by atoms with E-state index in [0.29, 0.717) is 24.1 Å². The summed E-state index contributed by atoms with van der Waals surface area (Å²) in [5.41, 5.74) is 10.9. The third kappa shape index (κ3) is 3.90. The molecule has 4 atom stereocenters. The quantitative estimate of drug-likeness (QED) is 0.243. The number of phenols is 1. The molecule has 5 rings (SSSR count). The predicted molar refractivity (Wildman–Crippen MR) is 143 cm³/mol. The van der Waals surface area contributed by atoms with Crippen molar-refractivity contribution in [1.29, 1.82) is 0 Å². The maximum atomic E-state index is 13.9. The van der Waals surface area contributed by atoms with E-state index in [2.05, 4.69) is 0 Å². The first-order valence-corrected chi connectivity index (χ1v) is 12.7. The number of aliphatic hydroxyl groups is 3. The first kappa shape index (κ1) is 26.5. The molecular weight excluding hydrogens is 502 g/mol. The Morgan fingerprint density at radius 2 is 1.72 bits per heavy atom. The summed E-state index contributed by atoms with van der Waals surface area (Å²) in [5, 5.41) is 44.6. The second-order valence-electron chi connectivity index (χ2n) is 10.8. The van der Waals surface area contributed by atoms with Gasteiger partial charge in [-0.1, -0.05) is 18.2 Å². The second-order valence-corrected chi connectivity index (χ2v) is 10.8. The first-order chi connectivity index (χ1) is 18.4. The number of fused-ring (bicyclic) bond motifs is 3. The predicted octanol–water partition coefficient (Wildman–Crippen LogP) is 1.33. The molecule has 1 amide bonds. The molecule has 3 aliphatic rings. The van der Waals surface area contributed by atoms with Crippen LogP contribution in [0.5, 0.6) is 5.75 Å². The van der Waals surface area contributed by atoms with Gasteiger partial charge in [-0.2, -0.15) is 0 Å². The minimum atomic E-state index is -2.65. The molecule has 10 heteroatoms. The molecule has 10 nitrogen and oxygen atoms in total. The van der Waals surface area contributed by atoms with E-state index in [1.165, 1.54) is 11.0 Å². The molecule has 1 fully saturated rings. The van der Waals surface area contributed by atoms with Crippen LogP contribution < -0.4 is 11.5 Å². The van der Waals surface area contributed by atoms with Crippen molar-refractivity contribution in [2.24, 2.45) is 17.6 Å². The second kappa shape index (κ2) is 9.25. The Bertz CT molecular complexity index is 1470. The number of hydrogen-bond donors (Lipinski definition) is 6. The largest absolute Gasteiger partial charge is 0.508 e. The molecule has 0 heterocycles. The van der Waals surface area contributed by atoms with Crippen molar-refractivity contribution in [3.05, 3.63) is 75.6 Å². The zero-order chi connectivity index (χ0) is 28.4. The lowest BCUT2D eigenvalue weighted by atomic mass is 9.57. The molecule has 39 heavy (non-hydrogen) atoms. The Kier molecular flexibility index (Phi) is 6.27. The first-order valence-electron chi connectivity index (χ1n) is 12.7. The van der Waals surface area contributed by atoms with Gasteiger partial charge in [0.15, 0.2) is 11.4 Å². The van der Waals surface area contributed by atoms with Crippen molar-refractivity contribution in [2.45, 2.75) is 37.3 Å². The van der Waals surface area contributed by atoms with E-state index in [1.807, 2.05) is 24.3 Å². The fraction of sp³-hybridized carbons (Fsp3) is 0.345. The van der Waals surface area contributed by atoms with Crippen LogP contribution in [-0.4, -0.2) is 68.5 Å². The number of nitrogens with two attached hydrogens (primary N) is 2. The normalized spacial score (nSPS) is 26.4. The molecule has 1 saturated carbocycles. The third-order valence-corrected chi connectivity index (χ3v) is 8.36. The SMILES string of the molecule is CN(C)[C@@H]1C(=O)C(C(N)=O)=C(O)[C@@]2(O)C(=O)C3=C(O)c4c(O)ccc(CCc5ccc(N)cc5)c4C[C@H]3C[C@@H]12. The molecule has 0 radical (unpaired) electrons. The topological polar surface area (TPSA) is 187 Å². The number of rotatable bonds is 5. The number of nitrogen functional groups attached to an aromatic ring is 1. The Morgan fingerprint density at radius 3 is 2.33 bits per heavy atom. The number of hydrogen-bond acceptors (Lipinski definition) is 9. The fourth-order valence-corrected chi connectivity index (χ4v) is 6.51. The summed E-state index contributed by atoms with van der Waals surface area (Å²) in [5.74, 6) is -6.58. The molecule has 2 aromatic carbocycles. The van der Waals surface area contributed by atoms with Crippen molar-refractivity contribution < 1.29 is 34.8 Å². The molecule has 0 aromatic heterocycles.